The molecule has 1 saturated heterocycles. The lowest BCUT2D eigenvalue weighted by atomic mass is 9.83. The molecule has 10 heteroatoms. The number of pyridine rings is 1. The first-order valence-electron chi connectivity index (χ1n) is 13.4. The normalized spacial score (nSPS) is 16.8. The topological polar surface area (TPSA) is 83.6 Å². The molecule has 1 aliphatic heterocycles. The second-order valence-electron chi connectivity index (χ2n) is 10.3. The highest BCUT2D eigenvalue weighted by molar-refractivity contribution is 5.93. The van der Waals surface area contributed by atoms with Crippen LogP contribution in [-0.2, 0) is 30.4 Å². The second-order valence-corrected chi connectivity index (χ2v) is 10.3. The van der Waals surface area contributed by atoms with Crippen LogP contribution in [0.15, 0.2) is 54.7 Å². The number of nitrogens with zero attached hydrogens (tertiary/aromatic N) is 2. The van der Waals surface area contributed by atoms with Crippen LogP contribution in [0.4, 0.5) is 18.9 Å². The van der Waals surface area contributed by atoms with Crippen LogP contribution >= 0.6 is 0 Å². The van der Waals surface area contributed by atoms with Crippen LogP contribution in [-0.4, -0.2) is 41.8 Å². The number of halogens is 3. The van der Waals surface area contributed by atoms with Crippen molar-refractivity contribution in [3.63, 3.8) is 0 Å². The molecule has 7 nitrogen and oxygen atoms in total. The number of ether oxygens (including phenoxy) is 1. The molecule has 3 aromatic rings. The van der Waals surface area contributed by atoms with Crippen LogP contribution in [0.25, 0.3) is 0 Å². The van der Waals surface area contributed by atoms with Crippen molar-refractivity contribution in [3.05, 3.63) is 82.7 Å². The van der Waals surface area contributed by atoms with Crippen LogP contribution in [0.1, 0.15) is 59.4 Å². The molecular weight excluding hydrogens is 533 g/mol. The Hall–Kier alpha value is -3.92. The molecule has 0 radical (unpaired) electrons. The van der Waals surface area contributed by atoms with E-state index in [-0.39, 0.29) is 48.6 Å². The lowest BCUT2D eigenvalue weighted by Gasteiger charge is -2.25. The van der Waals surface area contributed by atoms with Crippen molar-refractivity contribution in [1.29, 1.82) is 0 Å². The predicted molar refractivity (Wildman–Crippen MR) is 151 cm³/mol. The van der Waals surface area contributed by atoms with E-state index in [9.17, 15) is 22.8 Å². The number of aryl methyl sites for hydroxylation is 1. The fourth-order valence-corrected chi connectivity index (χ4v) is 5.37. The molecule has 1 unspecified atom stereocenters. The Labute approximate surface area is 238 Å². The van der Waals surface area contributed by atoms with Crippen LogP contribution in [0.3, 0.4) is 0 Å². The summed E-state index contributed by atoms with van der Waals surface area (Å²) in [5, 5.41) is 5.24. The number of anilines is 1. The van der Waals surface area contributed by atoms with E-state index in [1.807, 2.05) is 23.1 Å². The van der Waals surface area contributed by atoms with E-state index in [0.29, 0.717) is 30.8 Å². The monoisotopic (exact) mass is 568 g/mol. The first kappa shape index (κ1) is 30.0. The van der Waals surface area contributed by atoms with Gasteiger partial charge in [-0.3, -0.25) is 19.5 Å². The molecule has 218 valence electrons. The smallest absolute Gasteiger partial charge is 0.416 e. The Morgan fingerprint density at radius 2 is 1.78 bits per heavy atom. The number of alkyl halides is 3. The van der Waals surface area contributed by atoms with E-state index in [1.54, 1.807) is 18.2 Å². The number of hydrogen-bond donors (Lipinski definition) is 2. The maximum atomic E-state index is 13.9. The highest BCUT2D eigenvalue weighted by Crippen LogP contribution is 2.36. The third-order valence-corrected chi connectivity index (χ3v) is 7.48. The number of carbonyl (C=O) groups is 2. The third kappa shape index (κ3) is 7.24. The minimum absolute atomic E-state index is 0. The number of fused-ring (bicyclic) bond motifs is 1. The zero-order chi connectivity index (χ0) is 28.3. The Morgan fingerprint density at radius 1 is 1.02 bits per heavy atom. The van der Waals surface area contributed by atoms with E-state index in [1.165, 1.54) is 19.3 Å². The van der Waals surface area contributed by atoms with Gasteiger partial charge < -0.3 is 15.4 Å². The molecule has 0 bridgehead atoms. The first-order valence-corrected chi connectivity index (χ1v) is 13.4. The largest absolute Gasteiger partial charge is 0.457 e. The van der Waals surface area contributed by atoms with Crippen LogP contribution in [0.2, 0.25) is 0 Å². The second kappa shape index (κ2) is 12.7. The Morgan fingerprint density at radius 3 is 2.51 bits per heavy atom. The summed E-state index contributed by atoms with van der Waals surface area (Å²) in [5.41, 5.74) is 1.94. The van der Waals surface area contributed by atoms with Gasteiger partial charge in [-0.05, 0) is 92.2 Å². The van der Waals surface area contributed by atoms with Gasteiger partial charge in [0.2, 0.25) is 5.91 Å². The standard InChI is InChI=1S/C30H31F3N4O3.CH4/c1-34-29(39)27-17-25(10-11-35-27)40-24-9-7-19-4-5-20(14-22(19)15-24)28(38)36-23-8-6-21(18-37-12-2-3-13-37)26(16-23)30(31,32)33;/h6-11,15-17,20H,2-5,12-14,18H2,1H3,(H,34,39)(H,36,38);1H4. The SMILES string of the molecule is C.CNC(=O)c1cc(Oc2ccc3c(c2)CC(C(=O)Nc2ccc(CN4CCCC4)c(C(F)(F)F)c2)CC3)ccn1. The minimum atomic E-state index is -4.51. The van der Waals surface area contributed by atoms with Gasteiger partial charge in [-0.25, -0.2) is 0 Å². The average molecular weight is 569 g/mol. The molecule has 0 spiro atoms. The molecule has 41 heavy (non-hydrogen) atoms. The maximum absolute atomic E-state index is 13.9. The summed E-state index contributed by atoms with van der Waals surface area (Å²) >= 11 is 0. The van der Waals surface area contributed by atoms with Gasteiger partial charge in [0.15, 0.2) is 0 Å². The molecule has 1 fully saturated rings. The highest BCUT2D eigenvalue weighted by Gasteiger charge is 2.34. The summed E-state index contributed by atoms with van der Waals surface area (Å²) in [5.74, 6) is -0.0122. The van der Waals surface area contributed by atoms with Crippen molar-refractivity contribution in [2.24, 2.45) is 5.92 Å². The lowest BCUT2D eigenvalue weighted by molar-refractivity contribution is -0.138. The van der Waals surface area contributed by atoms with E-state index < -0.39 is 11.7 Å². The van der Waals surface area contributed by atoms with Crippen LogP contribution in [0.5, 0.6) is 11.5 Å². The molecule has 5 rings (SSSR count). The molecule has 2 aromatic carbocycles. The number of aromatic nitrogens is 1. The summed E-state index contributed by atoms with van der Waals surface area (Å²) in [6, 6.07) is 12.9. The van der Waals surface area contributed by atoms with E-state index in [2.05, 4.69) is 15.6 Å². The highest BCUT2D eigenvalue weighted by atomic mass is 19.4. The molecule has 1 aliphatic carbocycles. The van der Waals surface area contributed by atoms with Crippen molar-refractivity contribution in [2.45, 2.75) is 52.3 Å². The zero-order valence-electron chi connectivity index (χ0n) is 22.2. The quantitative estimate of drug-likeness (QED) is 0.353. The maximum Gasteiger partial charge on any atom is 0.416 e. The molecule has 0 saturated carbocycles. The van der Waals surface area contributed by atoms with E-state index in [4.69, 9.17) is 4.74 Å². The molecular formula is C31H35F3N4O3. The fraction of sp³-hybridized carbons (Fsp3) is 0.387. The van der Waals surface area contributed by atoms with Gasteiger partial charge in [0, 0.05) is 37.5 Å². The van der Waals surface area contributed by atoms with Crippen molar-refractivity contribution >= 4 is 17.5 Å². The molecule has 2 aliphatic rings. The van der Waals surface area contributed by atoms with Gasteiger partial charge in [0.1, 0.15) is 17.2 Å². The molecule has 1 atom stereocenters. The van der Waals surface area contributed by atoms with Gasteiger partial charge in [-0.1, -0.05) is 19.6 Å². The summed E-state index contributed by atoms with van der Waals surface area (Å²) in [7, 11) is 1.52. The molecule has 2 heterocycles. The predicted octanol–water partition coefficient (Wildman–Crippen LogP) is 6.23. The number of likely N-dealkylation sites (tertiary alicyclic amines) is 1. The van der Waals surface area contributed by atoms with Crippen LogP contribution < -0.4 is 15.4 Å². The van der Waals surface area contributed by atoms with Gasteiger partial charge >= 0.3 is 6.18 Å². The molecule has 1 aromatic heterocycles. The number of hydrogen-bond acceptors (Lipinski definition) is 5. The summed E-state index contributed by atoms with van der Waals surface area (Å²) in [6.07, 6.45) is 0.682. The average Bonchev–Trinajstić information content (AvgIpc) is 3.45. The molecule has 2 N–H and O–H groups in total. The summed E-state index contributed by atoms with van der Waals surface area (Å²) in [4.78, 5) is 31.1. The molecule has 2 amide bonds. The Bertz CT molecular complexity index is 1400. The first-order chi connectivity index (χ1) is 19.2. The van der Waals surface area contributed by atoms with Gasteiger partial charge in [0.05, 0.1) is 5.56 Å². The number of amides is 2. The Kier molecular flexibility index (Phi) is 9.32. The summed E-state index contributed by atoms with van der Waals surface area (Å²) < 4.78 is 47.5. The minimum Gasteiger partial charge on any atom is -0.457 e. The number of nitrogens with one attached hydrogen (secondary N) is 2. The van der Waals surface area contributed by atoms with Gasteiger partial charge in [0.25, 0.3) is 5.91 Å². The van der Waals surface area contributed by atoms with Crippen molar-refractivity contribution in [1.82, 2.24) is 15.2 Å². The van der Waals surface area contributed by atoms with Crippen molar-refractivity contribution in [2.75, 3.05) is 25.5 Å². The number of benzene rings is 2. The third-order valence-electron chi connectivity index (χ3n) is 7.48. The zero-order valence-corrected chi connectivity index (χ0v) is 22.2. The number of carbonyl (C=O) groups excluding carboxylic acids is 2. The van der Waals surface area contributed by atoms with Gasteiger partial charge in [-0.15, -0.1) is 0 Å². The lowest BCUT2D eigenvalue weighted by Crippen LogP contribution is -2.28. The fourth-order valence-electron chi connectivity index (χ4n) is 5.37. The van der Waals surface area contributed by atoms with E-state index >= 15 is 0 Å². The van der Waals surface area contributed by atoms with E-state index in [0.717, 1.165) is 43.1 Å². The van der Waals surface area contributed by atoms with Crippen LogP contribution in [0, 0.1) is 5.92 Å². The van der Waals surface area contributed by atoms with Crippen molar-refractivity contribution < 1.29 is 27.5 Å². The van der Waals surface area contributed by atoms with Gasteiger partial charge in [-0.2, -0.15) is 13.2 Å². The summed E-state index contributed by atoms with van der Waals surface area (Å²) in [6.45, 7) is 1.84. The van der Waals surface area contributed by atoms with Crippen molar-refractivity contribution in [3.8, 4) is 11.5 Å². The number of rotatable bonds is 7. The Balaban J connectivity index is 0.00000387.